The summed E-state index contributed by atoms with van der Waals surface area (Å²) < 4.78 is 4.96. The third-order valence-electron chi connectivity index (χ3n) is 4.09. The first-order valence-electron chi connectivity index (χ1n) is 7.64. The summed E-state index contributed by atoms with van der Waals surface area (Å²) in [6.07, 6.45) is 4.86. The van der Waals surface area contributed by atoms with Crippen molar-refractivity contribution in [2.75, 3.05) is 0 Å². The van der Waals surface area contributed by atoms with Crippen LogP contribution >= 0.6 is 11.6 Å². The summed E-state index contributed by atoms with van der Waals surface area (Å²) in [5, 5.41) is 3.23. The molecule has 1 aromatic heterocycles. The van der Waals surface area contributed by atoms with Crippen LogP contribution in [0.15, 0.2) is 63.9 Å². The largest absolute Gasteiger partial charge is 0.365 e. The van der Waals surface area contributed by atoms with Gasteiger partial charge < -0.3 is 4.52 Å². The predicted octanol–water partition coefficient (Wildman–Crippen LogP) is 4.42. The SMILES string of the molecule is O=C1C=Cc2ccccc2C1=Cc1c(-c2ccc(Cl)cc2)[nH]oc1=O. The lowest BCUT2D eigenvalue weighted by atomic mass is 9.90. The van der Waals surface area contributed by atoms with E-state index in [4.69, 9.17) is 16.1 Å². The number of rotatable bonds is 2. The van der Waals surface area contributed by atoms with E-state index in [1.54, 1.807) is 36.4 Å². The van der Waals surface area contributed by atoms with E-state index in [2.05, 4.69) is 5.16 Å². The van der Waals surface area contributed by atoms with E-state index >= 15 is 0 Å². The predicted molar refractivity (Wildman–Crippen MR) is 98.1 cm³/mol. The fourth-order valence-electron chi connectivity index (χ4n) is 2.84. The number of benzene rings is 2. The van der Waals surface area contributed by atoms with Gasteiger partial charge in [0.2, 0.25) is 0 Å². The molecular weight excluding hydrogens is 338 g/mol. The number of carbonyl (C=O) groups excluding carboxylic acids is 1. The Kier molecular flexibility index (Phi) is 3.75. The Morgan fingerprint density at radius 1 is 0.960 bits per heavy atom. The highest BCUT2D eigenvalue weighted by Crippen LogP contribution is 2.30. The molecule has 0 unspecified atom stereocenters. The van der Waals surface area contributed by atoms with E-state index < -0.39 is 5.63 Å². The lowest BCUT2D eigenvalue weighted by Gasteiger charge is -2.12. The molecule has 3 aromatic rings. The van der Waals surface area contributed by atoms with Crippen LogP contribution < -0.4 is 5.63 Å². The number of hydrogen-bond donors (Lipinski definition) is 1. The second kappa shape index (κ2) is 6.07. The maximum absolute atomic E-state index is 12.4. The fraction of sp³-hybridized carbons (Fsp3) is 0. The van der Waals surface area contributed by atoms with Gasteiger partial charge in [-0.1, -0.05) is 54.1 Å². The molecule has 1 N–H and O–H groups in total. The van der Waals surface area contributed by atoms with Crippen LogP contribution in [0.25, 0.3) is 29.0 Å². The van der Waals surface area contributed by atoms with Crippen LogP contribution in [-0.2, 0) is 4.79 Å². The molecule has 1 heterocycles. The number of fused-ring (bicyclic) bond motifs is 1. The minimum absolute atomic E-state index is 0.152. The monoisotopic (exact) mass is 349 g/mol. The molecule has 0 saturated heterocycles. The highest BCUT2D eigenvalue weighted by atomic mass is 35.5. The van der Waals surface area contributed by atoms with Crippen molar-refractivity contribution in [2.24, 2.45) is 0 Å². The van der Waals surface area contributed by atoms with Gasteiger partial charge in [0, 0.05) is 16.2 Å². The summed E-state index contributed by atoms with van der Waals surface area (Å²) in [7, 11) is 0. The molecule has 122 valence electrons. The van der Waals surface area contributed by atoms with Gasteiger partial charge in [-0.2, -0.15) is 0 Å². The lowest BCUT2D eigenvalue weighted by Crippen LogP contribution is -2.06. The Bertz CT molecular complexity index is 1080. The molecule has 0 radical (unpaired) electrons. The summed E-state index contributed by atoms with van der Waals surface area (Å²) in [5.74, 6) is -0.152. The zero-order valence-electron chi connectivity index (χ0n) is 13.0. The number of nitrogens with one attached hydrogen (secondary N) is 1. The van der Waals surface area contributed by atoms with Gasteiger partial charge in [-0.05, 0) is 35.4 Å². The number of allylic oxidation sites excluding steroid dienone is 2. The average molecular weight is 350 g/mol. The molecule has 0 atom stereocenters. The van der Waals surface area contributed by atoms with Crippen LogP contribution in [0.3, 0.4) is 0 Å². The van der Waals surface area contributed by atoms with Crippen molar-refractivity contribution in [1.82, 2.24) is 5.16 Å². The molecule has 4 rings (SSSR count). The number of halogens is 1. The first-order valence-corrected chi connectivity index (χ1v) is 8.02. The smallest absolute Gasteiger partial charge is 0.338 e. The van der Waals surface area contributed by atoms with E-state index in [-0.39, 0.29) is 5.78 Å². The normalized spacial score (nSPS) is 14.8. The Morgan fingerprint density at radius 2 is 1.72 bits per heavy atom. The van der Waals surface area contributed by atoms with Crippen molar-refractivity contribution in [1.29, 1.82) is 0 Å². The third kappa shape index (κ3) is 2.77. The van der Waals surface area contributed by atoms with Crippen molar-refractivity contribution < 1.29 is 9.32 Å². The molecule has 1 aliphatic rings. The maximum atomic E-state index is 12.4. The highest BCUT2D eigenvalue weighted by molar-refractivity contribution is 6.33. The molecular formula is C20H12ClNO3. The average Bonchev–Trinajstić information content (AvgIpc) is 2.99. The molecule has 0 amide bonds. The molecule has 0 saturated carbocycles. The summed E-state index contributed by atoms with van der Waals surface area (Å²) in [6.45, 7) is 0. The van der Waals surface area contributed by atoms with Crippen LogP contribution in [0.5, 0.6) is 0 Å². The van der Waals surface area contributed by atoms with E-state index in [0.29, 0.717) is 21.9 Å². The van der Waals surface area contributed by atoms with Crippen LogP contribution in [0.1, 0.15) is 16.7 Å². The fourth-order valence-corrected chi connectivity index (χ4v) is 2.97. The van der Waals surface area contributed by atoms with Gasteiger partial charge in [0.05, 0.1) is 11.3 Å². The van der Waals surface area contributed by atoms with Crippen molar-refractivity contribution in [3.05, 3.63) is 86.7 Å². The first kappa shape index (κ1) is 15.4. The van der Waals surface area contributed by atoms with Crippen molar-refractivity contribution in [2.45, 2.75) is 0 Å². The molecule has 2 aromatic carbocycles. The molecule has 25 heavy (non-hydrogen) atoms. The van der Waals surface area contributed by atoms with E-state index in [1.807, 2.05) is 24.3 Å². The molecule has 0 fully saturated rings. The van der Waals surface area contributed by atoms with E-state index in [9.17, 15) is 9.59 Å². The van der Waals surface area contributed by atoms with Crippen LogP contribution in [0.4, 0.5) is 0 Å². The Balaban J connectivity index is 1.89. The number of H-pyrrole nitrogens is 1. The molecule has 1 aliphatic carbocycles. The minimum Gasteiger partial charge on any atom is -0.338 e. The number of carbonyl (C=O) groups is 1. The number of hydrogen-bond acceptors (Lipinski definition) is 3. The Labute approximate surface area is 148 Å². The second-order valence-electron chi connectivity index (χ2n) is 5.63. The lowest BCUT2D eigenvalue weighted by molar-refractivity contribution is -0.109. The second-order valence-corrected chi connectivity index (χ2v) is 6.07. The van der Waals surface area contributed by atoms with E-state index in [1.165, 1.54) is 6.08 Å². The maximum Gasteiger partial charge on any atom is 0.365 e. The van der Waals surface area contributed by atoms with Gasteiger partial charge in [0.25, 0.3) is 0 Å². The summed E-state index contributed by atoms with van der Waals surface area (Å²) in [6, 6.07) is 14.6. The summed E-state index contributed by atoms with van der Waals surface area (Å²) in [5.41, 5.74) is 3.20. The minimum atomic E-state index is -0.530. The number of aromatic amines is 1. The Hall–Kier alpha value is -3.11. The van der Waals surface area contributed by atoms with Gasteiger partial charge in [0.1, 0.15) is 0 Å². The van der Waals surface area contributed by atoms with Gasteiger partial charge in [-0.3, -0.25) is 4.79 Å². The zero-order chi connectivity index (χ0) is 17.4. The zero-order valence-corrected chi connectivity index (χ0v) is 13.7. The van der Waals surface area contributed by atoms with Crippen molar-refractivity contribution in [3.63, 3.8) is 0 Å². The molecule has 5 heteroatoms. The topological polar surface area (TPSA) is 63.1 Å². The van der Waals surface area contributed by atoms with Crippen LogP contribution in [0.2, 0.25) is 5.02 Å². The quantitative estimate of drug-likeness (QED) is 0.696. The van der Waals surface area contributed by atoms with Gasteiger partial charge in [-0.15, -0.1) is 0 Å². The highest BCUT2D eigenvalue weighted by Gasteiger charge is 2.20. The molecule has 0 bridgehead atoms. The number of aromatic nitrogens is 1. The van der Waals surface area contributed by atoms with Crippen LogP contribution in [-0.4, -0.2) is 10.9 Å². The van der Waals surface area contributed by atoms with Gasteiger partial charge in [0.15, 0.2) is 5.78 Å². The molecule has 0 spiro atoms. The van der Waals surface area contributed by atoms with Crippen molar-refractivity contribution in [3.8, 4) is 11.3 Å². The van der Waals surface area contributed by atoms with Gasteiger partial charge >= 0.3 is 5.63 Å². The van der Waals surface area contributed by atoms with Crippen molar-refractivity contribution >= 4 is 35.1 Å². The number of ketones is 1. The molecule has 0 aliphatic heterocycles. The summed E-state index contributed by atoms with van der Waals surface area (Å²) >= 11 is 5.92. The van der Waals surface area contributed by atoms with E-state index in [0.717, 1.165) is 16.7 Å². The summed E-state index contributed by atoms with van der Waals surface area (Å²) in [4.78, 5) is 24.5. The third-order valence-corrected chi connectivity index (χ3v) is 4.34. The van der Waals surface area contributed by atoms with Crippen LogP contribution in [0, 0.1) is 0 Å². The Morgan fingerprint density at radius 3 is 2.52 bits per heavy atom. The first-order chi connectivity index (χ1) is 12.1. The molecule has 4 nitrogen and oxygen atoms in total. The standard InChI is InChI=1S/C20H12ClNO3/c21-14-8-5-13(6-9-14)19-17(20(24)25-22-19)11-16-15-4-2-1-3-12(15)7-10-18(16)23/h1-11,22H. The van der Waals surface area contributed by atoms with Gasteiger partial charge in [-0.25, -0.2) is 9.95 Å².